The molecule has 116 valence electrons. The number of carbonyl (C=O) groups excluding carboxylic acids is 2. The van der Waals surface area contributed by atoms with Crippen molar-refractivity contribution in [2.45, 2.75) is 25.7 Å². The summed E-state index contributed by atoms with van der Waals surface area (Å²) in [6.07, 6.45) is 7.74. The molecule has 1 aliphatic rings. The van der Waals surface area contributed by atoms with Gasteiger partial charge in [-0.3, -0.25) is 9.59 Å². The number of hydrogen-bond acceptors (Lipinski definition) is 4. The number of aldehydes is 1. The summed E-state index contributed by atoms with van der Waals surface area (Å²) in [5, 5.41) is 3.63. The van der Waals surface area contributed by atoms with Gasteiger partial charge in [-0.15, -0.1) is 0 Å². The number of H-pyrrole nitrogens is 1. The fourth-order valence-electron chi connectivity index (χ4n) is 3.17. The number of aromatic nitrogens is 2. The van der Waals surface area contributed by atoms with E-state index >= 15 is 0 Å². The van der Waals surface area contributed by atoms with E-state index in [1.807, 2.05) is 0 Å². The lowest BCUT2D eigenvalue weighted by atomic mass is 9.81. The third-order valence-electron chi connectivity index (χ3n) is 4.54. The highest BCUT2D eigenvalue weighted by molar-refractivity contribution is 6.07. The molecule has 0 saturated heterocycles. The Morgan fingerprint density at radius 1 is 1.41 bits per heavy atom. The molecular weight excluding hydrogens is 280 g/mol. The molecule has 0 spiro atoms. The molecule has 4 N–H and O–H groups in total. The zero-order valence-corrected chi connectivity index (χ0v) is 12.3. The van der Waals surface area contributed by atoms with E-state index in [1.165, 1.54) is 0 Å². The highest BCUT2D eigenvalue weighted by Gasteiger charge is 2.26. The first-order valence-corrected chi connectivity index (χ1v) is 7.65. The number of pyridine rings is 1. The molecule has 0 unspecified atom stereocenters. The minimum absolute atomic E-state index is 0.0148. The minimum atomic E-state index is 0.0148. The van der Waals surface area contributed by atoms with Crippen LogP contribution in [0.4, 0.5) is 5.69 Å². The summed E-state index contributed by atoms with van der Waals surface area (Å²) in [6.45, 7) is 0.700. The molecule has 3 rings (SSSR count). The van der Waals surface area contributed by atoms with Crippen LogP contribution in [0.25, 0.3) is 11.0 Å². The van der Waals surface area contributed by atoms with Crippen LogP contribution < -0.4 is 11.1 Å². The Morgan fingerprint density at radius 2 is 2.18 bits per heavy atom. The number of nitrogens with zero attached hydrogens (tertiary/aromatic N) is 1. The monoisotopic (exact) mass is 300 g/mol. The van der Waals surface area contributed by atoms with E-state index in [-0.39, 0.29) is 11.8 Å². The topological polar surface area (TPSA) is 101 Å². The van der Waals surface area contributed by atoms with Gasteiger partial charge in [0.2, 0.25) is 5.91 Å². The van der Waals surface area contributed by atoms with Crippen LogP contribution >= 0.6 is 0 Å². The van der Waals surface area contributed by atoms with Crippen molar-refractivity contribution in [1.82, 2.24) is 9.97 Å². The molecule has 1 amide bonds. The molecule has 0 aromatic carbocycles. The second kappa shape index (κ2) is 6.27. The standard InChI is InChI=1S/C16H20N4O2/c17-7-10-1-3-11(4-2-10)16(22)20-13-5-6-18-15-14(13)12(9-21)8-19-15/h5-6,8-11H,1-4,7,17H2,(H2,18,19,20,22)/t10-,11-. The van der Waals surface area contributed by atoms with Crippen LogP contribution in [0.2, 0.25) is 0 Å². The molecule has 0 bridgehead atoms. The zero-order valence-electron chi connectivity index (χ0n) is 12.3. The molecule has 2 heterocycles. The highest BCUT2D eigenvalue weighted by Crippen LogP contribution is 2.30. The van der Waals surface area contributed by atoms with Crippen molar-refractivity contribution >= 4 is 28.9 Å². The van der Waals surface area contributed by atoms with Crippen molar-refractivity contribution in [3.63, 3.8) is 0 Å². The van der Waals surface area contributed by atoms with E-state index in [1.54, 1.807) is 18.5 Å². The van der Waals surface area contributed by atoms with Crippen molar-refractivity contribution in [3.05, 3.63) is 24.0 Å². The maximum absolute atomic E-state index is 12.5. The molecule has 1 fully saturated rings. The van der Waals surface area contributed by atoms with Gasteiger partial charge in [0.1, 0.15) is 5.65 Å². The van der Waals surface area contributed by atoms with Crippen molar-refractivity contribution in [2.75, 3.05) is 11.9 Å². The van der Waals surface area contributed by atoms with E-state index in [4.69, 9.17) is 5.73 Å². The normalized spacial score (nSPS) is 21.7. The lowest BCUT2D eigenvalue weighted by Gasteiger charge is -2.26. The maximum atomic E-state index is 12.5. The Kier molecular flexibility index (Phi) is 4.20. The second-order valence-corrected chi connectivity index (χ2v) is 5.89. The van der Waals surface area contributed by atoms with Gasteiger partial charge in [-0.2, -0.15) is 0 Å². The molecule has 2 aromatic heterocycles. The van der Waals surface area contributed by atoms with Gasteiger partial charge in [0.25, 0.3) is 0 Å². The molecule has 22 heavy (non-hydrogen) atoms. The summed E-state index contributed by atoms with van der Waals surface area (Å²) in [5.74, 6) is 0.577. The SMILES string of the molecule is NC[C@H]1CC[C@H](C(=O)Nc2ccnc3[nH]cc(C=O)c23)CC1. The van der Waals surface area contributed by atoms with Crippen LogP contribution in [0, 0.1) is 11.8 Å². The fourth-order valence-corrected chi connectivity index (χ4v) is 3.17. The largest absolute Gasteiger partial charge is 0.345 e. The molecule has 0 atom stereocenters. The zero-order chi connectivity index (χ0) is 15.5. The summed E-state index contributed by atoms with van der Waals surface area (Å²) >= 11 is 0. The minimum Gasteiger partial charge on any atom is -0.345 e. The second-order valence-electron chi connectivity index (χ2n) is 5.89. The van der Waals surface area contributed by atoms with E-state index < -0.39 is 0 Å². The van der Waals surface area contributed by atoms with E-state index in [0.717, 1.165) is 32.0 Å². The summed E-state index contributed by atoms with van der Waals surface area (Å²) in [5.41, 5.74) is 7.43. The first kappa shape index (κ1) is 14.7. The van der Waals surface area contributed by atoms with E-state index in [2.05, 4.69) is 15.3 Å². The van der Waals surface area contributed by atoms with Crippen LogP contribution in [0.1, 0.15) is 36.0 Å². The van der Waals surface area contributed by atoms with Crippen LogP contribution in [0.3, 0.4) is 0 Å². The Balaban J connectivity index is 1.77. The smallest absolute Gasteiger partial charge is 0.227 e. The van der Waals surface area contributed by atoms with Crippen LogP contribution in [0.15, 0.2) is 18.5 Å². The van der Waals surface area contributed by atoms with Gasteiger partial charge in [0.05, 0.1) is 11.1 Å². The van der Waals surface area contributed by atoms with Gasteiger partial charge in [-0.05, 0) is 44.2 Å². The molecule has 0 aliphatic heterocycles. The maximum Gasteiger partial charge on any atom is 0.227 e. The quantitative estimate of drug-likeness (QED) is 0.752. The highest BCUT2D eigenvalue weighted by atomic mass is 16.1. The molecule has 1 aliphatic carbocycles. The number of amides is 1. The summed E-state index contributed by atoms with van der Waals surface area (Å²) in [6, 6.07) is 1.73. The summed E-state index contributed by atoms with van der Waals surface area (Å²) in [4.78, 5) is 30.7. The number of fused-ring (bicyclic) bond motifs is 1. The number of aromatic amines is 1. The molecule has 2 aromatic rings. The fraction of sp³-hybridized carbons (Fsp3) is 0.438. The average molecular weight is 300 g/mol. The number of hydrogen-bond donors (Lipinski definition) is 3. The number of nitrogens with one attached hydrogen (secondary N) is 2. The van der Waals surface area contributed by atoms with Gasteiger partial charge >= 0.3 is 0 Å². The molecular formula is C16H20N4O2. The van der Waals surface area contributed by atoms with Gasteiger partial charge < -0.3 is 16.0 Å². The van der Waals surface area contributed by atoms with E-state index in [9.17, 15) is 9.59 Å². The Hall–Kier alpha value is -2.21. The van der Waals surface area contributed by atoms with Crippen molar-refractivity contribution < 1.29 is 9.59 Å². The molecule has 6 heteroatoms. The Morgan fingerprint density at radius 3 is 2.86 bits per heavy atom. The molecule has 1 saturated carbocycles. The first-order valence-electron chi connectivity index (χ1n) is 7.65. The molecule has 0 radical (unpaired) electrons. The van der Waals surface area contributed by atoms with Gasteiger partial charge in [-0.25, -0.2) is 4.98 Å². The Labute approximate surface area is 128 Å². The molecule has 6 nitrogen and oxygen atoms in total. The van der Waals surface area contributed by atoms with Crippen molar-refractivity contribution in [3.8, 4) is 0 Å². The van der Waals surface area contributed by atoms with Crippen LogP contribution in [0.5, 0.6) is 0 Å². The van der Waals surface area contributed by atoms with E-state index in [0.29, 0.717) is 34.7 Å². The van der Waals surface area contributed by atoms with Crippen LogP contribution in [-0.2, 0) is 4.79 Å². The lowest BCUT2D eigenvalue weighted by molar-refractivity contribution is -0.121. The number of anilines is 1. The first-order chi connectivity index (χ1) is 10.7. The number of rotatable bonds is 4. The van der Waals surface area contributed by atoms with Crippen molar-refractivity contribution in [2.24, 2.45) is 17.6 Å². The average Bonchev–Trinajstić information content (AvgIpc) is 2.99. The summed E-state index contributed by atoms with van der Waals surface area (Å²) in [7, 11) is 0. The predicted molar refractivity (Wildman–Crippen MR) is 84.6 cm³/mol. The Bertz CT molecular complexity index is 687. The number of nitrogens with two attached hydrogens (primary N) is 1. The van der Waals surface area contributed by atoms with Gasteiger partial charge in [0, 0.05) is 23.9 Å². The van der Waals surface area contributed by atoms with Crippen molar-refractivity contribution in [1.29, 1.82) is 0 Å². The lowest BCUT2D eigenvalue weighted by Crippen LogP contribution is -2.29. The third kappa shape index (κ3) is 2.74. The third-order valence-corrected chi connectivity index (χ3v) is 4.54. The summed E-state index contributed by atoms with van der Waals surface area (Å²) < 4.78 is 0. The number of carbonyl (C=O) groups is 2. The van der Waals surface area contributed by atoms with Gasteiger partial charge in [-0.1, -0.05) is 0 Å². The van der Waals surface area contributed by atoms with Gasteiger partial charge in [0.15, 0.2) is 6.29 Å². The van der Waals surface area contributed by atoms with Crippen LogP contribution in [-0.4, -0.2) is 28.7 Å². The predicted octanol–water partition coefficient (Wildman–Crippen LogP) is 2.08.